The summed E-state index contributed by atoms with van der Waals surface area (Å²) < 4.78 is 0.174. The maximum Gasteiger partial charge on any atom is 0.0681 e. The Hall–Kier alpha value is -0.160. The Morgan fingerprint density at radius 3 is 2.11 bits per heavy atom. The third-order valence-electron chi connectivity index (χ3n) is 2.51. The molecule has 4 heteroatoms. The molecule has 0 saturated heterocycles. The van der Waals surface area contributed by atoms with E-state index in [1.54, 1.807) is 10.8 Å². The van der Waals surface area contributed by atoms with Crippen LogP contribution in [0.4, 0.5) is 0 Å². The van der Waals surface area contributed by atoms with E-state index in [2.05, 4.69) is 52.1 Å². The van der Waals surface area contributed by atoms with Crippen molar-refractivity contribution >= 4 is 21.6 Å². The van der Waals surface area contributed by atoms with Gasteiger partial charge in [-0.2, -0.15) is 0 Å². The number of hydrogen-bond donors (Lipinski definition) is 2. The van der Waals surface area contributed by atoms with Crippen LogP contribution >= 0.6 is 21.6 Å². The molecule has 19 heavy (non-hydrogen) atoms. The molecule has 0 radical (unpaired) electrons. The third kappa shape index (κ3) is 7.25. The van der Waals surface area contributed by atoms with Crippen molar-refractivity contribution < 1.29 is 5.11 Å². The topological polar surface area (TPSA) is 32.3 Å². The van der Waals surface area contributed by atoms with Crippen LogP contribution in [0.5, 0.6) is 0 Å². The van der Waals surface area contributed by atoms with Crippen LogP contribution in [0.1, 0.15) is 40.2 Å². The molecule has 0 fully saturated rings. The van der Waals surface area contributed by atoms with Gasteiger partial charge in [-0.3, -0.25) is 0 Å². The Kier molecular flexibility index (Phi) is 6.24. The van der Waals surface area contributed by atoms with E-state index in [0.29, 0.717) is 0 Å². The summed E-state index contributed by atoms with van der Waals surface area (Å²) in [5.41, 5.74) is 1.12. The second-order valence-electron chi connectivity index (χ2n) is 6.33. The van der Waals surface area contributed by atoms with Gasteiger partial charge in [0, 0.05) is 21.7 Å². The number of nitrogens with one attached hydrogen (secondary N) is 1. The molecule has 0 bridgehead atoms. The minimum Gasteiger partial charge on any atom is -0.392 e. The second-order valence-corrected chi connectivity index (χ2v) is 9.24. The lowest BCUT2D eigenvalue weighted by Gasteiger charge is -2.29. The Morgan fingerprint density at radius 1 is 1.05 bits per heavy atom. The summed E-state index contributed by atoms with van der Waals surface area (Å²) in [6, 6.07) is 8.08. The molecule has 0 aliphatic rings. The van der Waals surface area contributed by atoms with Gasteiger partial charge >= 0.3 is 0 Å². The summed E-state index contributed by atoms with van der Waals surface area (Å²) in [5.74, 6) is 0. The van der Waals surface area contributed by atoms with Crippen molar-refractivity contribution in [3.8, 4) is 0 Å². The molecule has 0 unspecified atom stereocenters. The molecule has 0 atom stereocenters. The normalized spacial score (nSPS) is 12.7. The molecule has 1 rings (SSSR count). The summed E-state index contributed by atoms with van der Waals surface area (Å²) in [6.45, 7) is 12.2. The van der Waals surface area contributed by atoms with Gasteiger partial charge in [-0.1, -0.05) is 33.7 Å². The zero-order valence-corrected chi connectivity index (χ0v) is 14.1. The predicted octanol–water partition coefficient (Wildman–Crippen LogP) is 4.09. The zero-order valence-electron chi connectivity index (χ0n) is 12.5. The second kappa shape index (κ2) is 7.02. The van der Waals surface area contributed by atoms with E-state index in [0.717, 1.165) is 12.1 Å². The van der Waals surface area contributed by atoms with Crippen LogP contribution in [0.3, 0.4) is 0 Å². The number of benzene rings is 1. The molecule has 2 nitrogen and oxygen atoms in total. The van der Waals surface area contributed by atoms with E-state index in [1.807, 2.05) is 22.9 Å². The van der Waals surface area contributed by atoms with Gasteiger partial charge in [0.25, 0.3) is 0 Å². The Bertz CT molecular complexity index is 382. The lowest BCUT2D eigenvalue weighted by molar-refractivity contribution is 0.282. The molecule has 0 heterocycles. The van der Waals surface area contributed by atoms with E-state index in [9.17, 15) is 0 Å². The molecule has 0 amide bonds. The van der Waals surface area contributed by atoms with Gasteiger partial charge in [-0.05, 0) is 52.3 Å². The molecule has 0 aliphatic carbocycles. The van der Waals surface area contributed by atoms with E-state index in [-0.39, 0.29) is 16.9 Å². The maximum atomic E-state index is 9.01. The molecule has 0 aromatic heterocycles. The first-order valence-electron chi connectivity index (χ1n) is 6.52. The van der Waals surface area contributed by atoms with Crippen LogP contribution in [-0.2, 0) is 6.61 Å². The van der Waals surface area contributed by atoms with Crippen LogP contribution in [0.25, 0.3) is 0 Å². The molecule has 108 valence electrons. The zero-order chi connectivity index (χ0) is 14.5. The van der Waals surface area contributed by atoms with Crippen LogP contribution in [0.2, 0.25) is 0 Å². The van der Waals surface area contributed by atoms with Crippen LogP contribution in [0, 0.1) is 0 Å². The summed E-state index contributed by atoms with van der Waals surface area (Å²) >= 11 is 0. The van der Waals surface area contributed by atoms with Crippen molar-refractivity contribution in [1.29, 1.82) is 0 Å². The quantitative estimate of drug-likeness (QED) is 0.775. The van der Waals surface area contributed by atoms with Crippen LogP contribution in [0.15, 0.2) is 29.2 Å². The lowest BCUT2D eigenvalue weighted by atomic mass is 10.1. The first-order valence-corrected chi connectivity index (χ1v) is 8.67. The smallest absolute Gasteiger partial charge is 0.0681 e. The fourth-order valence-corrected chi connectivity index (χ4v) is 3.49. The summed E-state index contributed by atoms with van der Waals surface area (Å²) in [5, 5.41) is 12.6. The summed E-state index contributed by atoms with van der Waals surface area (Å²) in [4.78, 5) is 1.23. The molecule has 0 aliphatic heterocycles. The fraction of sp³-hybridized carbons (Fsp3) is 0.600. The number of rotatable bonds is 6. The van der Waals surface area contributed by atoms with E-state index in [1.165, 1.54) is 4.90 Å². The first-order chi connectivity index (χ1) is 8.72. The average Bonchev–Trinajstić information content (AvgIpc) is 2.34. The molecule has 2 N–H and O–H groups in total. The van der Waals surface area contributed by atoms with Gasteiger partial charge < -0.3 is 10.4 Å². The van der Waals surface area contributed by atoms with E-state index >= 15 is 0 Å². The average molecular weight is 300 g/mol. The highest BCUT2D eigenvalue weighted by atomic mass is 33.1. The van der Waals surface area contributed by atoms with Gasteiger partial charge in [0.15, 0.2) is 0 Å². The Labute approximate surface area is 125 Å². The largest absolute Gasteiger partial charge is 0.392 e. The van der Waals surface area contributed by atoms with Crippen molar-refractivity contribution in [3.05, 3.63) is 29.8 Å². The first kappa shape index (κ1) is 16.9. The molecule has 1 aromatic carbocycles. The molecule has 0 saturated carbocycles. The van der Waals surface area contributed by atoms with Crippen molar-refractivity contribution in [2.24, 2.45) is 0 Å². The van der Waals surface area contributed by atoms with Crippen molar-refractivity contribution in [2.45, 2.75) is 56.4 Å². The maximum absolute atomic E-state index is 9.01. The van der Waals surface area contributed by atoms with Crippen molar-refractivity contribution in [3.63, 3.8) is 0 Å². The molecular formula is C15H25NOS2. The third-order valence-corrected chi connectivity index (χ3v) is 5.84. The van der Waals surface area contributed by atoms with Crippen LogP contribution < -0.4 is 5.32 Å². The van der Waals surface area contributed by atoms with Gasteiger partial charge in [-0.25, -0.2) is 0 Å². The molecule has 0 spiro atoms. The monoisotopic (exact) mass is 299 g/mol. The van der Waals surface area contributed by atoms with Gasteiger partial charge in [0.05, 0.1) is 6.61 Å². The predicted molar refractivity (Wildman–Crippen MR) is 87.6 cm³/mol. The molecular weight excluding hydrogens is 274 g/mol. The highest BCUT2D eigenvalue weighted by molar-refractivity contribution is 8.77. The minimum absolute atomic E-state index is 0.110. The highest BCUT2D eigenvalue weighted by Crippen LogP contribution is 2.40. The Balaban J connectivity index is 2.45. The standard InChI is InChI=1S/C15H25NOS2/c1-14(2,3)16-11-15(4,5)19-18-13-8-6-12(10-17)7-9-13/h6-9,16-17H,10-11H2,1-5H3. The highest BCUT2D eigenvalue weighted by Gasteiger charge is 2.22. The fourth-order valence-electron chi connectivity index (χ4n) is 1.32. The number of aliphatic hydroxyl groups is 1. The van der Waals surface area contributed by atoms with Crippen molar-refractivity contribution in [2.75, 3.05) is 6.54 Å². The molecule has 1 aromatic rings. The summed E-state index contributed by atoms with van der Waals surface area (Å²) in [7, 11) is 3.67. The van der Waals surface area contributed by atoms with Gasteiger partial charge in [0.2, 0.25) is 0 Å². The number of aliphatic hydroxyl groups excluding tert-OH is 1. The number of hydrogen-bond acceptors (Lipinski definition) is 4. The van der Waals surface area contributed by atoms with E-state index in [4.69, 9.17) is 5.11 Å². The Morgan fingerprint density at radius 2 is 1.63 bits per heavy atom. The van der Waals surface area contributed by atoms with E-state index < -0.39 is 0 Å². The lowest BCUT2D eigenvalue weighted by Crippen LogP contribution is -2.43. The van der Waals surface area contributed by atoms with Crippen molar-refractivity contribution in [1.82, 2.24) is 5.32 Å². The summed E-state index contributed by atoms with van der Waals surface area (Å²) in [6.07, 6.45) is 0. The SMILES string of the molecule is CC(C)(C)NCC(C)(C)SSc1ccc(CO)cc1. The minimum atomic E-state index is 0.110. The van der Waals surface area contributed by atoms with Crippen LogP contribution in [-0.4, -0.2) is 21.9 Å². The van der Waals surface area contributed by atoms with Gasteiger partial charge in [-0.15, -0.1) is 0 Å². The van der Waals surface area contributed by atoms with Gasteiger partial charge in [0.1, 0.15) is 0 Å².